The number of aromatic nitrogens is 1. The molecular weight excluding hydrogens is 458 g/mol. The van der Waals surface area contributed by atoms with Gasteiger partial charge >= 0.3 is 0 Å². The van der Waals surface area contributed by atoms with Gasteiger partial charge in [-0.2, -0.15) is 0 Å². The second-order valence-corrected chi connectivity index (χ2v) is 8.51. The molecule has 0 spiro atoms. The molecule has 0 unspecified atom stereocenters. The second kappa shape index (κ2) is 10.0. The minimum atomic E-state index is -0.291. The van der Waals surface area contributed by atoms with Crippen molar-refractivity contribution in [2.24, 2.45) is 0 Å². The maximum atomic E-state index is 13.5. The van der Waals surface area contributed by atoms with Gasteiger partial charge in [0, 0.05) is 34.9 Å². The molecule has 1 amide bonds. The standard InChI is InChI=1S/C28H27N3O5/c1-3-18-4-6-22(7-5-18)30-27(32)16-31-24-14-26-25(35-17-36-26)13-19(24)12-20(28(31)33)15-29-21-8-10-23(34-2)11-9-21/h4-14,29H,3,15-17H2,1-2H3,(H,30,32). The molecule has 0 radical (unpaired) electrons. The van der Waals surface area contributed by atoms with Crippen LogP contribution in [0.1, 0.15) is 18.1 Å². The van der Waals surface area contributed by atoms with E-state index in [9.17, 15) is 9.59 Å². The molecule has 8 heteroatoms. The van der Waals surface area contributed by atoms with E-state index in [-0.39, 0.29) is 31.3 Å². The Morgan fingerprint density at radius 2 is 1.67 bits per heavy atom. The molecule has 0 fully saturated rings. The van der Waals surface area contributed by atoms with Crippen LogP contribution in [0.2, 0.25) is 0 Å². The third-order valence-electron chi connectivity index (χ3n) is 6.18. The summed E-state index contributed by atoms with van der Waals surface area (Å²) in [7, 11) is 1.61. The molecule has 1 aliphatic heterocycles. The summed E-state index contributed by atoms with van der Waals surface area (Å²) in [6.45, 7) is 2.35. The third-order valence-corrected chi connectivity index (χ3v) is 6.18. The van der Waals surface area contributed by atoms with Crippen LogP contribution >= 0.6 is 0 Å². The second-order valence-electron chi connectivity index (χ2n) is 8.51. The number of anilines is 2. The number of methoxy groups -OCH3 is 1. The molecule has 0 aliphatic carbocycles. The van der Waals surface area contributed by atoms with Crippen LogP contribution in [0.5, 0.6) is 17.2 Å². The van der Waals surface area contributed by atoms with Gasteiger partial charge in [0.2, 0.25) is 12.7 Å². The van der Waals surface area contributed by atoms with E-state index in [0.717, 1.165) is 23.2 Å². The zero-order valence-electron chi connectivity index (χ0n) is 20.2. The zero-order valence-corrected chi connectivity index (χ0v) is 20.2. The van der Waals surface area contributed by atoms with Crippen molar-refractivity contribution >= 4 is 28.2 Å². The molecule has 0 bridgehead atoms. The smallest absolute Gasteiger partial charge is 0.256 e. The van der Waals surface area contributed by atoms with Gasteiger partial charge in [0.05, 0.1) is 12.6 Å². The van der Waals surface area contributed by atoms with Gasteiger partial charge in [0.25, 0.3) is 5.56 Å². The highest BCUT2D eigenvalue weighted by Gasteiger charge is 2.19. The Morgan fingerprint density at radius 3 is 2.36 bits per heavy atom. The lowest BCUT2D eigenvalue weighted by atomic mass is 10.1. The molecule has 0 atom stereocenters. The summed E-state index contributed by atoms with van der Waals surface area (Å²) < 4.78 is 17.7. The highest BCUT2D eigenvalue weighted by atomic mass is 16.7. The first kappa shape index (κ1) is 23.3. The van der Waals surface area contributed by atoms with Gasteiger partial charge in [-0.05, 0) is 60.5 Å². The van der Waals surface area contributed by atoms with Gasteiger partial charge in [-0.25, -0.2) is 0 Å². The summed E-state index contributed by atoms with van der Waals surface area (Å²) in [4.78, 5) is 26.5. The summed E-state index contributed by atoms with van der Waals surface area (Å²) in [6, 6.07) is 20.6. The first-order chi connectivity index (χ1) is 17.5. The minimum Gasteiger partial charge on any atom is -0.497 e. The van der Waals surface area contributed by atoms with Crippen molar-refractivity contribution in [3.8, 4) is 17.2 Å². The van der Waals surface area contributed by atoms with Crippen LogP contribution in [0.4, 0.5) is 11.4 Å². The van der Waals surface area contributed by atoms with Gasteiger partial charge in [0.1, 0.15) is 12.3 Å². The molecule has 184 valence electrons. The van der Waals surface area contributed by atoms with E-state index in [4.69, 9.17) is 14.2 Å². The number of nitrogens with zero attached hydrogens (tertiary/aromatic N) is 1. The molecule has 2 N–H and O–H groups in total. The molecule has 36 heavy (non-hydrogen) atoms. The van der Waals surface area contributed by atoms with Crippen molar-refractivity contribution in [3.05, 3.63) is 88.2 Å². The summed E-state index contributed by atoms with van der Waals surface area (Å²) >= 11 is 0. The highest BCUT2D eigenvalue weighted by Crippen LogP contribution is 2.36. The number of hydrogen-bond donors (Lipinski definition) is 2. The van der Waals surface area contributed by atoms with Crippen molar-refractivity contribution in [1.29, 1.82) is 0 Å². The van der Waals surface area contributed by atoms with Gasteiger partial charge < -0.3 is 24.8 Å². The van der Waals surface area contributed by atoms with E-state index in [1.807, 2.05) is 60.7 Å². The fourth-order valence-corrected chi connectivity index (χ4v) is 4.19. The van der Waals surface area contributed by atoms with Crippen LogP contribution in [0.15, 0.2) is 71.5 Å². The van der Waals surface area contributed by atoms with Gasteiger partial charge in [-0.15, -0.1) is 0 Å². The van der Waals surface area contributed by atoms with Crippen LogP contribution < -0.4 is 30.4 Å². The Labute approximate surface area is 208 Å². The summed E-state index contributed by atoms with van der Waals surface area (Å²) in [6.07, 6.45) is 0.920. The molecule has 5 rings (SSSR count). The largest absolute Gasteiger partial charge is 0.497 e. The van der Waals surface area contributed by atoms with E-state index in [2.05, 4.69) is 17.6 Å². The molecule has 3 aromatic carbocycles. The molecule has 2 heterocycles. The lowest BCUT2D eigenvalue weighted by Crippen LogP contribution is -2.30. The van der Waals surface area contributed by atoms with Gasteiger partial charge in [0.15, 0.2) is 11.5 Å². The molecular formula is C28H27N3O5. The summed E-state index contributed by atoms with van der Waals surface area (Å²) in [5, 5.41) is 6.95. The highest BCUT2D eigenvalue weighted by molar-refractivity contribution is 5.92. The Balaban J connectivity index is 1.45. The van der Waals surface area contributed by atoms with E-state index >= 15 is 0 Å². The maximum Gasteiger partial charge on any atom is 0.256 e. The Bertz CT molecular complexity index is 1460. The van der Waals surface area contributed by atoms with Crippen LogP contribution in [0, 0.1) is 0 Å². The van der Waals surface area contributed by atoms with Gasteiger partial charge in [-0.3, -0.25) is 14.2 Å². The van der Waals surface area contributed by atoms with E-state index in [1.165, 1.54) is 10.1 Å². The van der Waals surface area contributed by atoms with Gasteiger partial charge in [-0.1, -0.05) is 19.1 Å². The monoisotopic (exact) mass is 485 g/mol. The summed E-state index contributed by atoms with van der Waals surface area (Å²) in [5.41, 5.74) is 3.60. The molecule has 1 aromatic heterocycles. The van der Waals surface area contributed by atoms with Crippen molar-refractivity contribution in [3.63, 3.8) is 0 Å². The predicted octanol–water partition coefficient (Wildman–Crippen LogP) is 4.55. The number of ether oxygens (including phenoxy) is 3. The van der Waals surface area contributed by atoms with Crippen LogP contribution in [0.3, 0.4) is 0 Å². The van der Waals surface area contributed by atoms with Crippen molar-refractivity contribution in [1.82, 2.24) is 4.57 Å². The number of fused-ring (bicyclic) bond motifs is 2. The minimum absolute atomic E-state index is 0.121. The SMILES string of the molecule is CCc1ccc(NC(=O)Cn2c(=O)c(CNc3ccc(OC)cc3)cc3cc4c(cc32)OCO4)cc1. The number of amides is 1. The topological polar surface area (TPSA) is 90.8 Å². The third kappa shape index (κ3) is 4.84. The number of carbonyl (C=O) groups is 1. The zero-order chi connectivity index (χ0) is 25.1. The molecule has 4 aromatic rings. The first-order valence-corrected chi connectivity index (χ1v) is 11.8. The van der Waals surface area contributed by atoms with E-state index in [1.54, 1.807) is 13.2 Å². The summed E-state index contributed by atoms with van der Waals surface area (Å²) in [5.74, 6) is 1.62. The van der Waals surface area contributed by atoms with Crippen LogP contribution in [0.25, 0.3) is 10.9 Å². The quantitative estimate of drug-likeness (QED) is 0.381. The number of nitrogens with one attached hydrogen (secondary N) is 2. The van der Waals surface area contributed by atoms with Crippen LogP contribution in [-0.4, -0.2) is 24.4 Å². The fourth-order valence-electron chi connectivity index (χ4n) is 4.19. The molecule has 0 saturated heterocycles. The molecule has 1 aliphatic rings. The van der Waals surface area contributed by atoms with Crippen molar-refractivity contribution < 1.29 is 19.0 Å². The number of rotatable bonds is 8. The molecule has 0 saturated carbocycles. The Hall–Kier alpha value is -4.46. The number of pyridine rings is 1. The predicted molar refractivity (Wildman–Crippen MR) is 139 cm³/mol. The maximum absolute atomic E-state index is 13.5. The first-order valence-electron chi connectivity index (χ1n) is 11.8. The lowest BCUT2D eigenvalue weighted by Gasteiger charge is -2.15. The van der Waals surface area contributed by atoms with Crippen molar-refractivity contribution in [2.75, 3.05) is 24.5 Å². The average molecular weight is 486 g/mol. The van der Waals surface area contributed by atoms with Crippen molar-refractivity contribution in [2.45, 2.75) is 26.4 Å². The Kier molecular flexibility index (Phi) is 6.49. The van der Waals surface area contributed by atoms with Crippen LogP contribution in [-0.2, 0) is 24.3 Å². The number of hydrogen-bond acceptors (Lipinski definition) is 6. The Morgan fingerprint density at radius 1 is 0.972 bits per heavy atom. The van der Waals surface area contributed by atoms with E-state index in [0.29, 0.717) is 28.3 Å². The lowest BCUT2D eigenvalue weighted by molar-refractivity contribution is -0.116. The average Bonchev–Trinajstić information content (AvgIpc) is 3.36. The number of aryl methyl sites for hydroxylation is 1. The normalized spacial score (nSPS) is 11.9. The number of carbonyl (C=O) groups excluding carboxylic acids is 1. The fraction of sp³-hybridized carbons (Fsp3) is 0.214. The molecule has 8 nitrogen and oxygen atoms in total. The van der Waals surface area contributed by atoms with E-state index < -0.39 is 0 Å². The number of benzene rings is 3.